The maximum absolute atomic E-state index is 11.2. The van der Waals surface area contributed by atoms with Crippen molar-refractivity contribution in [3.05, 3.63) is 33.9 Å². The summed E-state index contributed by atoms with van der Waals surface area (Å²) in [5.41, 5.74) is 7.38. The minimum atomic E-state index is -0.231. The largest absolute Gasteiger partial charge is 0.383 e. The summed E-state index contributed by atoms with van der Waals surface area (Å²) < 4.78 is 1.94. The van der Waals surface area contributed by atoms with Gasteiger partial charge < -0.3 is 10.7 Å². The van der Waals surface area contributed by atoms with E-state index in [0.29, 0.717) is 10.9 Å². The molecule has 0 aliphatic heterocycles. The van der Waals surface area contributed by atoms with Gasteiger partial charge >= 0.3 is 0 Å². The first-order chi connectivity index (χ1) is 8.58. The lowest BCUT2D eigenvalue weighted by Gasteiger charge is -2.04. The Hall–Kier alpha value is -1.76. The second-order valence-corrected chi connectivity index (χ2v) is 4.82. The average molecular weight is 265 g/mol. The lowest BCUT2D eigenvalue weighted by atomic mass is 10.4. The molecular weight excluding hydrogens is 250 g/mol. The van der Waals surface area contributed by atoms with Gasteiger partial charge in [0.25, 0.3) is 5.56 Å². The Morgan fingerprint density at radius 2 is 2.28 bits per heavy atom. The molecule has 3 N–H and O–H groups in total. The van der Waals surface area contributed by atoms with E-state index in [1.807, 2.05) is 24.6 Å². The summed E-state index contributed by atoms with van der Waals surface area (Å²) in [5, 5.41) is 4.89. The number of aryl methyl sites for hydroxylation is 2. The summed E-state index contributed by atoms with van der Waals surface area (Å²) in [4.78, 5) is 18.0. The fraction of sp³-hybridized carbons (Fsp3) is 0.364. The van der Waals surface area contributed by atoms with Gasteiger partial charge in [-0.25, -0.2) is 4.98 Å². The molecule has 0 aliphatic carbocycles. The molecule has 6 nitrogen and oxygen atoms in total. The fourth-order valence-corrected chi connectivity index (χ4v) is 2.51. The standard InChI is InChI=1S/C11H15N5OS/c1-3-16-8(4-7(2)15-16)6-18-11-13-9(12)5-10(17)14-11/h4-5H,3,6H2,1-2H3,(H3,12,13,14,17). The number of nitrogens with one attached hydrogen (secondary N) is 1. The van der Waals surface area contributed by atoms with Crippen molar-refractivity contribution in [3.8, 4) is 0 Å². The normalized spacial score (nSPS) is 10.8. The number of nitrogens with zero attached hydrogens (tertiary/aromatic N) is 3. The zero-order chi connectivity index (χ0) is 13.1. The number of H-pyrrole nitrogens is 1. The highest BCUT2D eigenvalue weighted by Gasteiger charge is 2.06. The molecule has 2 aromatic rings. The third-order valence-corrected chi connectivity index (χ3v) is 3.29. The van der Waals surface area contributed by atoms with Gasteiger partial charge in [0.1, 0.15) is 5.82 Å². The topological polar surface area (TPSA) is 89.6 Å². The number of aromatic nitrogens is 4. The maximum atomic E-state index is 11.2. The van der Waals surface area contributed by atoms with E-state index >= 15 is 0 Å². The molecule has 0 aliphatic rings. The summed E-state index contributed by atoms with van der Waals surface area (Å²) in [6.07, 6.45) is 0. The third-order valence-electron chi connectivity index (χ3n) is 2.38. The highest BCUT2D eigenvalue weighted by molar-refractivity contribution is 7.98. The van der Waals surface area contributed by atoms with E-state index in [1.165, 1.54) is 17.8 Å². The van der Waals surface area contributed by atoms with Crippen LogP contribution < -0.4 is 11.3 Å². The Balaban J connectivity index is 2.13. The highest BCUT2D eigenvalue weighted by Crippen LogP contribution is 2.19. The molecule has 0 bridgehead atoms. The number of hydrogen-bond donors (Lipinski definition) is 2. The van der Waals surface area contributed by atoms with Crippen LogP contribution in [0.3, 0.4) is 0 Å². The summed E-state index contributed by atoms with van der Waals surface area (Å²) in [6.45, 7) is 4.83. The monoisotopic (exact) mass is 265 g/mol. The predicted octanol–water partition coefficient (Wildman–Crippen LogP) is 1.17. The SMILES string of the molecule is CCn1nc(C)cc1CSc1nc(N)cc(=O)[nH]1. The average Bonchev–Trinajstić information content (AvgIpc) is 2.66. The lowest BCUT2D eigenvalue weighted by molar-refractivity contribution is 0.631. The van der Waals surface area contributed by atoms with Crippen LogP contribution >= 0.6 is 11.8 Å². The number of anilines is 1. The molecule has 0 fully saturated rings. The maximum Gasteiger partial charge on any atom is 0.253 e. The minimum absolute atomic E-state index is 0.231. The van der Waals surface area contributed by atoms with E-state index in [1.54, 1.807) is 0 Å². The smallest absolute Gasteiger partial charge is 0.253 e. The van der Waals surface area contributed by atoms with Crippen LogP contribution in [0.5, 0.6) is 0 Å². The summed E-state index contributed by atoms with van der Waals surface area (Å²) in [5.74, 6) is 0.933. The van der Waals surface area contributed by atoms with Crippen LogP contribution in [0.1, 0.15) is 18.3 Å². The number of nitrogens with two attached hydrogens (primary N) is 1. The van der Waals surface area contributed by atoms with Crippen LogP contribution in [-0.4, -0.2) is 19.7 Å². The summed E-state index contributed by atoms with van der Waals surface area (Å²) >= 11 is 1.44. The van der Waals surface area contributed by atoms with Crippen molar-refractivity contribution in [1.29, 1.82) is 0 Å². The molecule has 96 valence electrons. The van der Waals surface area contributed by atoms with Gasteiger partial charge in [0.05, 0.1) is 5.69 Å². The fourth-order valence-electron chi connectivity index (χ4n) is 1.65. The van der Waals surface area contributed by atoms with Crippen molar-refractivity contribution in [3.63, 3.8) is 0 Å². The molecule has 0 atom stereocenters. The van der Waals surface area contributed by atoms with Gasteiger partial charge in [0, 0.05) is 24.1 Å². The quantitative estimate of drug-likeness (QED) is 0.640. The number of aromatic amines is 1. The number of hydrogen-bond acceptors (Lipinski definition) is 5. The predicted molar refractivity (Wildman–Crippen MR) is 71.5 cm³/mol. The van der Waals surface area contributed by atoms with Crippen LogP contribution in [0.25, 0.3) is 0 Å². The first-order valence-electron chi connectivity index (χ1n) is 5.61. The zero-order valence-electron chi connectivity index (χ0n) is 10.3. The Morgan fingerprint density at radius 3 is 2.94 bits per heavy atom. The number of nitrogen functional groups attached to an aromatic ring is 1. The second-order valence-electron chi connectivity index (χ2n) is 3.86. The zero-order valence-corrected chi connectivity index (χ0v) is 11.1. The molecule has 0 radical (unpaired) electrons. The van der Waals surface area contributed by atoms with Crippen LogP contribution in [-0.2, 0) is 12.3 Å². The van der Waals surface area contributed by atoms with Crippen LogP contribution in [0.2, 0.25) is 0 Å². The lowest BCUT2D eigenvalue weighted by Crippen LogP contribution is -2.09. The van der Waals surface area contributed by atoms with Crippen molar-refractivity contribution >= 4 is 17.6 Å². The van der Waals surface area contributed by atoms with Crippen molar-refractivity contribution in [2.45, 2.75) is 31.3 Å². The molecule has 0 saturated carbocycles. The van der Waals surface area contributed by atoms with Gasteiger partial charge in [-0.2, -0.15) is 5.10 Å². The number of rotatable bonds is 4. The Morgan fingerprint density at radius 1 is 1.50 bits per heavy atom. The van der Waals surface area contributed by atoms with Crippen LogP contribution in [0.4, 0.5) is 5.82 Å². The van der Waals surface area contributed by atoms with E-state index < -0.39 is 0 Å². The highest BCUT2D eigenvalue weighted by atomic mass is 32.2. The molecule has 2 rings (SSSR count). The van der Waals surface area contributed by atoms with Crippen molar-refractivity contribution in [2.24, 2.45) is 0 Å². The van der Waals surface area contributed by atoms with Crippen molar-refractivity contribution < 1.29 is 0 Å². The summed E-state index contributed by atoms with van der Waals surface area (Å²) in [6, 6.07) is 3.30. The Bertz CT molecular complexity index is 604. The molecule has 0 saturated heterocycles. The summed E-state index contributed by atoms with van der Waals surface area (Å²) in [7, 11) is 0. The molecule has 0 unspecified atom stereocenters. The molecule has 2 heterocycles. The van der Waals surface area contributed by atoms with E-state index in [2.05, 4.69) is 15.1 Å². The van der Waals surface area contributed by atoms with Gasteiger partial charge in [-0.05, 0) is 19.9 Å². The van der Waals surface area contributed by atoms with Crippen LogP contribution in [0, 0.1) is 6.92 Å². The minimum Gasteiger partial charge on any atom is -0.383 e. The van der Waals surface area contributed by atoms with Crippen molar-refractivity contribution in [2.75, 3.05) is 5.73 Å². The molecule has 0 spiro atoms. The third kappa shape index (κ3) is 2.92. The van der Waals surface area contributed by atoms with Crippen LogP contribution in [0.15, 0.2) is 22.1 Å². The van der Waals surface area contributed by atoms with E-state index in [4.69, 9.17) is 5.73 Å². The van der Waals surface area contributed by atoms with E-state index in [0.717, 1.165) is 17.9 Å². The molecule has 7 heteroatoms. The Kier molecular flexibility index (Phi) is 3.71. The molecule has 0 amide bonds. The first kappa shape index (κ1) is 12.7. The first-order valence-corrected chi connectivity index (χ1v) is 6.60. The molecule has 18 heavy (non-hydrogen) atoms. The molecular formula is C11H15N5OS. The van der Waals surface area contributed by atoms with Gasteiger partial charge in [-0.1, -0.05) is 11.8 Å². The van der Waals surface area contributed by atoms with Crippen molar-refractivity contribution in [1.82, 2.24) is 19.7 Å². The number of thioether (sulfide) groups is 1. The Labute approximate surface area is 109 Å². The molecule has 2 aromatic heterocycles. The second kappa shape index (κ2) is 5.26. The van der Waals surface area contributed by atoms with Gasteiger partial charge in [0.2, 0.25) is 0 Å². The van der Waals surface area contributed by atoms with Gasteiger partial charge in [-0.15, -0.1) is 0 Å². The van der Waals surface area contributed by atoms with E-state index in [-0.39, 0.29) is 11.4 Å². The molecule has 0 aromatic carbocycles. The van der Waals surface area contributed by atoms with Gasteiger partial charge in [-0.3, -0.25) is 9.48 Å². The van der Waals surface area contributed by atoms with Gasteiger partial charge in [0.15, 0.2) is 5.16 Å². The van der Waals surface area contributed by atoms with E-state index in [9.17, 15) is 4.79 Å².